The van der Waals surface area contributed by atoms with Gasteiger partial charge in [0.05, 0.1) is 10.3 Å². The van der Waals surface area contributed by atoms with Crippen LogP contribution < -0.4 is 5.32 Å². The fourth-order valence-electron chi connectivity index (χ4n) is 1.47. The van der Waals surface area contributed by atoms with Crippen molar-refractivity contribution in [2.24, 2.45) is 0 Å². The second-order valence-corrected chi connectivity index (χ2v) is 3.75. The van der Waals surface area contributed by atoms with Gasteiger partial charge in [0.1, 0.15) is 0 Å². The Morgan fingerprint density at radius 2 is 2.27 bits per heavy atom. The molecule has 0 saturated heterocycles. The van der Waals surface area contributed by atoms with Crippen LogP contribution in [0.15, 0.2) is 10.7 Å². The van der Waals surface area contributed by atoms with E-state index in [4.69, 9.17) is 0 Å². The first-order valence-electron chi connectivity index (χ1n) is 3.97. The summed E-state index contributed by atoms with van der Waals surface area (Å²) in [6.07, 6.45) is 3.74. The molecular formula is C8H11BrN2. The maximum Gasteiger partial charge on any atom is 0.0843 e. The Kier molecular flexibility index (Phi) is 1.90. The third-order valence-electron chi connectivity index (χ3n) is 2.04. The zero-order chi connectivity index (χ0) is 7.68. The summed E-state index contributed by atoms with van der Waals surface area (Å²) < 4.78 is 1.08. The number of halogens is 1. The quantitative estimate of drug-likeness (QED) is 0.683. The van der Waals surface area contributed by atoms with Gasteiger partial charge in [-0.2, -0.15) is 0 Å². The second-order valence-electron chi connectivity index (χ2n) is 2.89. The molecule has 2 N–H and O–H groups in total. The van der Waals surface area contributed by atoms with E-state index in [2.05, 4.69) is 32.3 Å². The second kappa shape index (κ2) is 2.89. The number of anilines is 1. The van der Waals surface area contributed by atoms with Crippen LogP contribution in [0.25, 0.3) is 0 Å². The topological polar surface area (TPSA) is 27.8 Å². The number of aromatic amines is 1. The summed E-state index contributed by atoms with van der Waals surface area (Å²) in [5.41, 5.74) is 2.61. The van der Waals surface area contributed by atoms with Crippen molar-refractivity contribution in [1.29, 1.82) is 0 Å². The number of aryl methyl sites for hydroxylation is 1. The predicted molar refractivity (Wildman–Crippen MR) is 49.9 cm³/mol. The number of H-pyrrole nitrogens is 1. The van der Waals surface area contributed by atoms with E-state index in [0.29, 0.717) is 0 Å². The van der Waals surface area contributed by atoms with Gasteiger partial charge in [-0.1, -0.05) is 0 Å². The molecule has 0 radical (unpaired) electrons. The Hall–Kier alpha value is -0.440. The SMILES string of the molecule is Brc1cc2c([nH]1)CCCCN2. The molecule has 2 nitrogen and oxygen atoms in total. The third kappa shape index (κ3) is 1.43. The lowest BCUT2D eigenvalue weighted by Gasteiger charge is -1.98. The van der Waals surface area contributed by atoms with Gasteiger partial charge in [0.2, 0.25) is 0 Å². The first kappa shape index (κ1) is 7.22. The minimum absolute atomic E-state index is 1.08. The van der Waals surface area contributed by atoms with Crippen molar-refractivity contribution in [3.8, 4) is 0 Å². The van der Waals surface area contributed by atoms with Gasteiger partial charge in [-0.05, 0) is 41.3 Å². The third-order valence-corrected chi connectivity index (χ3v) is 2.46. The van der Waals surface area contributed by atoms with E-state index in [9.17, 15) is 0 Å². The predicted octanol–water partition coefficient (Wildman–Crippen LogP) is 2.53. The van der Waals surface area contributed by atoms with Crippen LogP contribution in [0.1, 0.15) is 18.5 Å². The van der Waals surface area contributed by atoms with Gasteiger partial charge in [-0.3, -0.25) is 0 Å². The van der Waals surface area contributed by atoms with Crippen LogP contribution in [0.4, 0.5) is 5.69 Å². The van der Waals surface area contributed by atoms with Crippen molar-refractivity contribution in [3.63, 3.8) is 0 Å². The zero-order valence-electron chi connectivity index (χ0n) is 6.28. The van der Waals surface area contributed by atoms with Gasteiger partial charge in [0, 0.05) is 12.2 Å². The Morgan fingerprint density at radius 1 is 1.36 bits per heavy atom. The number of fused-ring (bicyclic) bond motifs is 1. The maximum atomic E-state index is 3.42. The van der Waals surface area contributed by atoms with E-state index in [0.717, 1.165) is 11.1 Å². The number of nitrogens with one attached hydrogen (secondary N) is 2. The molecular weight excluding hydrogens is 204 g/mol. The van der Waals surface area contributed by atoms with Crippen LogP contribution in [-0.4, -0.2) is 11.5 Å². The highest BCUT2D eigenvalue weighted by Gasteiger charge is 2.08. The minimum Gasteiger partial charge on any atom is -0.384 e. The standard InChI is InChI=1S/C8H11BrN2/c9-8-5-7-6(11-8)3-1-2-4-10-7/h5,10-11H,1-4H2. The number of hydrogen-bond donors (Lipinski definition) is 2. The molecule has 1 aliphatic rings. The summed E-state index contributed by atoms with van der Waals surface area (Å²) in [6.45, 7) is 1.11. The smallest absolute Gasteiger partial charge is 0.0843 e. The van der Waals surface area contributed by atoms with Crippen LogP contribution in [0.5, 0.6) is 0 Å². The average Bonchev–Trinajstić information content (AvgIpc) is 2.17. The molecule has 0 bridgehead atoms. The summed E-state index contributed by atoms with van der Waals surface area (Å²) in [4.78, 5) is 3.29. The summed E-state index contributed by atoms with van der Waals surface area (Å²) in [6, 6.07) is 2.11. The van der Waals surface area contributed by atoms with E-state index in [1.54, 1.807) is 0 Å². The molecule has 1 aromatic rings. The lowest BCUT2D eigenvalue weighted by molar-refractivity contribution is 0.773. The first-order chi connectivity index (χ1) is 5.36. The molecule has 0 unspecified atom stereocenters. The van der Waals surface area contributed by atoms with Crippen molar-refractivity contribution in [2.75, 3.05) is 11.9 Å². The molecule has 60 valence electrons. The van der Waals surface area contributed by atoms with Crippen LogP contribution in [0, 0.1) is 0 Å². The Bertz CT molecular complexity index is 231. The van der Waals surface area contributed by atoms with Gasteiger partial charge in [-0.15, -0.1) is 0 Å². The lowest BCUT2D eigenvalue weighted by Crippen LogP contribution is -1.97. The molecule has 0 fully saturated rings. The van der Waals surface area contributed by atoms with Gasteiger partial charge < -0.3 is 10.3 Å². The van der Waals surface area contributed by atoms with Crippen molar-refractivity contribution in [3.05, 3.63) is 16.4 Å². The van der Waals surface area contributed by atoms with Gasteiger partial charge >= 0.3 is 0 Å². The molecule has 0 spiro atoms. The average molecular weight is 215 g/mol. The molecule has 0 amide bonds. The Morgan fingerprint density at radius 3 is 3.18 bits per heavy atom. The minimum atomic E-state index is 1.08. The van der Waals surface area contributed by atoms with Crippen molar-refractivity contribution < 1.29 is 0 Å². The highest BCUT2D eigenvalue weighted by Crippen LogP contribution is 2.24. The summed E-state index contributed by atoms with van der Waals surface area (Å²) in [5, 5.41) is 3.38. The lowest BCUT2D eigenvalue weighted by atomic mass is 10.2. The van der Waals surface area contributed by atoms with Gasteiger partial charge in [0.25, 0.3) is 0 Å². The molecule has 2 heterocycles. The summed E-state index contributed by atoms with van der Waals surface area (Å²) >= 11 is 3.42. The van der Waals surface area contributed by atoms with Crippen molar-refractivity contribution in [1.82, 2.24) is 4.98 Å². The van der Waals surface area contributed by atoms with Crippen LogP contribution in [-0.2, 0) is 6.42 Å². The van der Waals surface area contributed by atoms with Gasteiger partial charge in [-0.25, -0.2) is 0 Å². The zero-order valence-corrected chi connectivity index (χ0v) is 7.87. The van der Waals surface area contributed by atoms with E-state index in [-0.39, 0.29) is 0 Å². The molecule has 1 aromatic heterocycles. The Balaban J connectivity index is 2.32. The highest BCUT2D eigenvalue weighted by molar-refractivity contribution is 9.10. The van der Waals surface area contributed by atoms with E-state index >= 15 is 0 Å². The van der Waals surface area contributed by atoms with Crippen molar-refractivity contribution >= 4 is 21.6 Å². The first-order valence-corrected chi connectivity index (χ1v) is 4.77. The highest BCUT2D eigenvalue weighted by atomic mass is 79.9. The fraction of sp³-hybridized carbons (Fsp3) is 0.500. The van der Waals surface area contributed by atoms with E-state index < -0.39 is 0 Å². The summed E-state index contributed by atoms with van der Waals surface area (Å²) in [5.74, 6) is 0. The number of aromatic nitrogens is 1. The molecule has 0 aliphatic carbocycles. The van der Waals surface area contributed by atoms with Crippen LogP contribution in [0.3, 0.4) is 0 Å². The number of hydrogen-bond acceptors (Lipinski definition) is 1. The summed E-state index contributed by atoms with van der Waals surface area (Å²) in [7, 11) is 0. The monoisotopic (exact) mass is 214 g/mol. The molecule has 0 atom stereocenters. The van der Waals surface area contributed by atoms with Crippen LogP contribution in [0.2, 0.25) is 0 Å². The largest absolute Gasteiger partial charge is 0.384 e. The van der Waals surface area contributed by atoms with Crippen molar-refractivity contribution in [2.45, 2.75) is 19.3 Å². The van der Waals surface area contributed by atoms with Crippen LogP contribution >= 0.6 is 15.9 Å². The molecule has 2 rings (SSSR count). The Labute approximate surface area is 74.5 Å². The van der Waals surface area contributed by atoms with Gasteiger partial charge in [0.15, 0.2) is 0 Å². The molecule has 0 saturated carbocycles. The molecule has 3 heteroatoms. The maximum absolute atomic E-state index is 3.42. The molecule has 11 heavy (non-hydrogen) atoms. The van der Waals surface area contributed by atoms with E-state index in [1.165, 1.54) is 30.6 Å². The molecule has 1 aliphatic heterocycles. The number of rotatable bonds is 0. The van der Waals surface area contributed by atoms with E-state index in [1.807, 2.05) is 0 Å². The normalized spacial score (nSPS) is 16.8. The molecule has 0 aromatic carbocycles. The fourth-order valence-corrected chi connectivity index (χ4v) is 1.93.